The molecule has 0 spiro atoms. The van der Waals surface area contributed by atoms with E-state index in [2.05, 4.69) is 50.3 Å². The highest BCUT2D eigenvalue weighted by Gasteiger charge is 2.27. The highest BCUT2D eigenvalue weighted by Crippen LogP contribution is 2.43. The average Bonchev–Trinajstić information content (AvgIpc) is 1.56. The third kappa shape index (κ3) is 79.2. The van der Waals surface area contributed by atoms with Crippen molar-refractivity contribution in [1.29, 1.82) is 0 Å². The Hall–Kier alpha value is -1.77. The maximum atomic E-state index is 12.9. The molecule has 2 unspecified atom stereocenters. The summed E-state index contributed by atoms with van der Waals surface area (Å²) >= 11 is 0. The Morgan fingerprint density at radius 2 is 0.574 bits per heavy atom. The van der Waals surface area contributed by atoms with E-state index in [0.29, 0.717) is 23.9 Å². The molecular formula is C84H163NO8P+. The van der Waals surface area contributed by atoms with Crippen LogP contribution in [0.5, 0.6) is 0 Å². The maximum absolute atomic E-state index is 12.9. The Morgan fingerprint density at radius 3 is 0.851 bits per heavy atom. The molecule has 0 aliphatic rings. The molecule has 0 bridgehead atoms. The number of esters is 2. The molecule has 0 fully saturated rings. The molecule has 9 nitrogen and oxygen atoms in total. The topological polar surface area (TPSA) is 108 Å². The number of unbranched alkanes of at least 4 members (excludes halogenated alkanes) is 59. The summed E-state index contributed by atoms with van der Waals surface area (Å²) in [5, 5.41) is 0. The molecule has 0 amide bonds. The smallest absolute Gasteiger partial charge is 0.462 e. The second-order valence-electron chi connectivity index (χ2n) is 29.9. The minimum absolute atomic E-state index is 0.0350. The van der Waals surface area contributed by atoms with Gasteiger partial charge in [0.15, 0.2) is 6.10 Å². The van der Waals surface area contributed by atoms with Crippen molar-refractivity contribution < 1.29 is 42.1 Å². The van der Waals surface area contributed by atoms with Gasteiger partial charge >= 0.3 is 19.8 Å². The lowest BCUT2D eigenvalue weighted by Crippen LogP contribution is -2.37. The number of phosphoric acid groups is 1. The van der Waals surface area contributed by atoms with Crippen LogP contribution in [0.15, 0.2) is 36.5 Å². The standard InChI is InChI=1S/C84H162NO8P/c1-6-8-10-12-14-16-18-20-22-24-26-28-30-32-34-36-38-40-41-42-43-45-46-48-50-52-54-56-58-60-62-64-66-68-70-72-74-76-83(86)90-80-82(81-92-94(88,89)91-79-78-85(3,4)5)93-84(87)77-75-73-71-69-67-65-63-61-59-57-55-53-51-49-47-44-39-37-35-33-31-29-27-25-23-21-19-17-15-13-11-9-7-2/h19,21,25,27,31,33,82H,6-18,20,22-24,26,28-30,32,34-81H2,1-5H3/p+1/b21-19-,27-25-,33-31-. The van der Waals surface area contributed by atoms with Gasteiger partial charge in [-0.15, -0.1) is 0 Å². The van der Waals surface area contributed by atoms with Crippen LogP contribution >= 0.6 is 7.82 Å². The van der Waals surface area contributed by atoms with Crippen LogP contribution in [0, 0.1) is 0 Å². The van der Waals surface area contributed by atoms with Crippen molar-refractivity contribution in [1.82, 2.24) is 0 Å². The molecule has 0 saturated carbocycles. The summed E-state index contributed by atoms with van der Waals surface area (Å²) < 4.78 is 34.9. The van der Waals surface area contributed by atoms with E-state index in [1.54, 1.807) is 0 Å². The fourth-order valence-electron chi connectivity index (χ4n) is 12.8. The van der Waals surface area contributed by atoms with Crippen molar-refractivity contribution in [2.45, 2.75) is 444 Å². The molecule has 10 heteroatoms. The van der Waals surface area contributed by atoms with Gasteiger partial charge in [-0.05, 0) is 51.4 Å². The van der Waals surface area contributed by atoms with Crippen LogP contribution < -0.4 is 0 Å². The first-order valence-corrected chi connectivity index (χ1v) is 43.2. The van der Waals surface area contributed by atoms with Gasteiger partial charge in [-0.1, -0.05) is 410 Å². The molecule has 0 aromatic heterocycles. The van der Waals surface area contributed by atoms with E-state index < -0.39 is 26.5 Å². The molecule has 0 aliphatic carbocycles. The van der Waals surface area contributed by atoms with Crippen LogP contribution in [0.2, 0.25) is 0 Å². The SMILES string of the molecule is CCCCCCC/C=C\C/C=C\C/C=C\CCCCCCCCCCCCCCCCCCCCC(=O)OC(COC(=O)CCCCCCCCCCCCCCCCCCCCCCCCCCCCCCCCCCCCCCC)COP(=O)(O)OCC[N+](C)(C)C. The van der Waals surface area contributed by atoms with Gasteiger partial charge in [0.2, 0.25) is 0 Å². The Morgan fingerprint density at radius 1 is 0.330 bits per heavy atom. The number of ether oxygens (including phenoxy) is 2. The molecule has 94 heavy (non-hydrogen) atoms. The Kier molecular flexibility index (Phi) is 74.0. The fourth-order valence-corrected chi connectivity index (χ4v) is 13.5. The highest BCUT2D eigenvalue weighted by atomic mass is 31.2. The zero-order valence-electron chi connectivity index (χ0n) is 63.7. The van der Waals surface area contributed by atoms with E-state index in [1.807, 2.05) is 21.1 Å². The van der Waals surface area contributed by atoms with Gasteiger partial charge < -0.3 is 18.9 Å². The first-order valence-electron chi connectivity index (χ1n) is 41.7. The van der Waals surface area contributed by atoms with Crippen LogP contribution in [0.25, 0.3) is 0 Å². The van der Waals surface area contributed by atoms with E-state index in [0.717, 1.165) is 44.9 Å². The third-order valence-corrected chi connectivity index (χ3v) is 20.2. The zero-order chi connectivity index (χ0) is 68.3. The first-order chi connectivity index (χ1) is 46.0. The molecular weight excluding hydrogens is 1180 g/mol. The quantitative estimate of drug-likeness (QED) is 0.0211. The number of rotatable bonds is 79. The number of phosphoric ester groups is 1. The largest absolute Gasteiger partial charge is 0.472 e. The minimum Gasteiger partial charge on any atom is -0.462 e. The van der Waals surface area contributed by atoms with Crippen LogP contribution in [-0.4, -0.2) is 74.9 Å². The highest BCUT2D eigenvalue weighted by molar-refractivity contribution is 7.47. The van der Waals surface area contributed by atoms with Crippen LogP contribution in [-0.2, 0) is 32.7 Å². The molecule has 0 heterocycles. The molecule has 556 valence electrons. The van der Waals surface area contributed by atoms with Gasteiger partial charge in [-0.25, -0.2) is 4.57 Å². The number of likely N-dealkylation sites (N-methyl/N-ethyl adjacent to an activating group) is 1. The average molecular weight is 1350 g/mol. The summed E-state index contributed by atoms with van der Waals surface area (Å²) in [4.78, 5) is 36.0. The summed E-state index contributed by atoms with van der Waals surface area (Å²) in [6, 6.07) is 0. The van der Waals surface area contributed by atoms with E-state index in [-0.39, 0.29) is 25.6 Å². The Balaban J connectivity index is 3.88. The summed E-state index contributed by atoms with van der Waals surface area (Å²) in [5.74, 6) is -0.771. The summed E-state index contributed by atoms with van der Waals surface area (Å²) in [6.45, 7) is 4.51. The number of nitrogens with zero attached hydrogens (tertiary/aromatic N) is 1. The monoisotopic (exact) mass is 1350 g/mol. The van der Waals surface area contributed by atoms with E-state index >= 15 is 0 Å². The van der Waals surface area contributed by atoms with Gasteiger partial charge in [0.1, 0.15) is 19.8 Å². The first kappa shape index (κ1) is 92.2. The van der Waals surface area contributed by atoms with Gasteiger partial charge in [0.05, 0.1) is 27.7 Å². The summed E-state index contributed by atoms with van der Waals surface area (Å²) in [6.07, 6.45) is 98.9. The van der Waals surface area contributed by atoms with E-state index in [1.165, 1.54) is 360 Å². The van der Waals surface area contributed by atoms with Crippen LogP contribution in [0.4, 0.5) is 0 Å². The molecule has 0 rings (SSSR count). The number of hydrogen-bond acceptors (Lipinski definition) is 7. The third-order valence-electron chi connectivity index (χ3n) is 19.2. The Labute approximate surface area is 586 Å². The van der Waals surface area contributed by atoms with Gasteiger partial charge in [0, 0.05) is 12.8 Å². The van der Waals surface area contributed by atoms with Crippen LogP contribution in [0.1, 0.15) is 438 Å². The number of allylic oxidation sites excluding steroid dienone is 6. The van der Waals surface area contributed by atoms with Crippen molar-refractivity contribution >= 4 is 19.8 Å². The maximum Gasteiger partial charge on any atom is 0.472 e. The molecule has 0 aromatic rings. The van der Waals surface area contributed by atoms with E-state index in [9.17, 15) is 19.0 Å². The lowest BCUT2D eigenvalue weighted by molar-refractivity contribution is -0.870. The number of quaternary nitrogens is 1. The van der Waals surface area contributed by atoms with Gasteiger partial charge in [-0.3, -0.25) is 18.6 Å². The molecule has 2 atom stereocenters. The van der Waals surface area contributed by atoms with Gasteiger partial charge in [-0.2, -0.15) is 0 Å². The normalized spacial score (nSPS) is 13.1. The van der Waals surface area contributed by atoms with Crippen molar-refractivity contribution in [3.63, 3.8) is 0 Å². The molecule has 1 N–H and O–H groups in total. The van der Waals surface area contributed by atoms with Gasteiger partial charge in [0.25, 0.3) is 0 Å². The van der Waals surface area contributed by atoms with E-state index in [4.69, 9.17) is 18.5 Å². The van der Waals surface area contributed by atoms with Crippen molar-refractivity contribution in [2.75, 3.05) is 47.5 Å². The second-order valence-corrected chi connectivity index (χ2v) is 31.3. The molecule has 0 aromatic carbocycles. The number of carbonyl (C=O) groups excluding carboxylic acids is 2. The predicted molar refractivity (Wildman–Crippen MR) is 409 cm³/mol. The predicted octanol–water partition coefficient (Wildman–Crippen LogP) is 27.7. The Bertz CT molecular complexity index is 1680. The zero-order valence-corrected chi connectivity index (χ0v) is 64.6. The number of hydrogen-bond donors (Lipinski definition) is 1. The molecule has 0 aliphatic heterocycles. The summed E-state index contributed by atoms with van der Waals surface area (Å²) in [7, 11) is 1.50. The fraction of sp³-hybridized carbons (Fsp3) is 0.905. The number of carbonyl (C=O) groups is 2. The molecule has 0 radical (unpaired) electrons. The lowest BCUT2D eigenvalue weighted by atomic mass is 10.0. The lowest BCUT2D eigenvalue weighted by Gasteiger charge is -2.24. The minimum atomic E-state index is -4.39. The van der Waals surface area contributed by atoms with Crippen molar-refractivity contribution in [3.8, 4) is 0 Å². The van der Waals surface area contributed by atoms with Crippen molar-refractivity contribution in [3.05, 3.63) is 36.5 Å². The second kappa shape index (κ2) is 75.4. The van der Waals surface area contributed by atoms with Crippen LogP contribution in [0.3, 0.4) is 0 Å². The molecule has 0 saturated heterocycles. The summed E-state index contributed by atoms with van der Waals surface area (Å²) in [5.41, 5.74) is 0. The van der Waals surface area contributed by atoms with Crippen molar-refractivity contribution in [2.24, 2.45) is 0 Å².